The Labute approximate surface area is 147 Å². The molecule has 0 bridgehead atoms. The molecular weight excluding hydrogens is 314 g/mol. The van der Waals surface area contributed by atoms with Gasteiger partial charge >= 0.3 is 0 Å². The van der Waals surface area contributed by atoms with Crippen molar-refractivity contribution in [3.05, 3.63) is 65.6 Å². The van der Waals surface area contributed by atoms with Crippen LogP contribution in [-0.4, -0.2) is 37.5 Å². The summed E-state index contributed by atoms with van der Waals surface area (Å²) in [5.41, 5.74) is 2.39. The summed E-state index contributed by atoms with van der Waals surface area (Å²) in [6.45, 7) is 4.77. The topological polar surface area (TPSA) is 60.0 Å². The van der Waals surface area contributed by atoms with Crippen molar-refractivity contribution in [2.75, 3.05) is 6.54 Å². The molecule has 1 fully saturated rings. The van der Waals surface area contributed by atoms with Gasteiger partial charge in [-0.2, -0.15) is 5.10 Å². The SMILES string of the molecule is Cc1cnn(C[C@H]2CCCN2Cc2nnc(Cc3ccccc3)o2)c1. The second-order valence-electron chi connectivity index (χ2n) is 6.76. The summed E-state index contributed by atoms with van der Waals surface area (Å²) in [4.78, 5) is 2.43. The number of likely N-dealkylation sites (tertiary alicyclic amines) is 1. The van der Waals surface area contributed by atoms with E-state index < -0.39 is 0 Å². The molecule has 25 heavy (non-hydrogen) atoms. The lowest BCUT2D eigenvalue weighted by Crippen LogP contribution is -2.32. The molecular formula is C19H23N5O. The van der Waals surface area contributed by atoms with E-state index in [0.717, 1.165) is 13.1 Å². The Bertz CT molecular complexity index is 810. The molecule has 2 aromatic heterocycles. The number of hydrogen-bond donors (Lipinski definition) is 0. The number of benzene rings is 1. The van der Waals surface area contributed by atoms with E-state index >= 15 is 0 Å². The van der Waals surface area contributed by atoms with E-state index in [1.165, 1.54) is 24.0 Å². The minimum Gasteiger partial charge on any atom is -0.424 e. The highest BCUT2D eigenvalue weighted by Gasteiger charge is 2.26. The largest absolute Gasteiger partial charge is 0.424 e. The summed E-state index contributed by atoms with van der Waals surface area (Å²) < 4.78 is 7.90. The molecule has 0 N–H and O–H groups in total. The predicted molar refractivity (Wildman–Crippen MR) is 93.9 cm³/mol. The molecule has 1 atom stereocenters. The maximum atomic E-state index is 5.87. The van der Waals surface area contributed by atoms with Crippen LogP contribution >= 0.6 is 0 Å². The molecule has 0 unspecified atom stereocenters. The molecule has 6 heteroatoms. The second-order valence-corrected chi connectivity index (χ2v) is 6.76. The fraction of sp³-hybridized carbons (Fsp3) is 0.421. The molecule has 6 nitrogen and oxygen atoms in total. The lowest BCUT2D eigenvalue weighted by molar-refractivity contribution is 0.198. The van der Waals surface area contributed by atoms with Gasteiger partial charge in [0, 0.05) is 12.2 Å². The van der Waals surface area contributed by atoms with E-state index in [1.807, 2.05) is 29.1 Å². The Morgan fingerprint density at radius 1 is 1.16 bits per heavy atom. The molecule has 130 valence electrons. The van der Waals surface area contributed by atoms with Gasteiger partial charge in [0.2, 0.25) is 11.8 Å². The van der Waals surface area contributed by atoms with Gasteiger partial charge in [-0.3, -0.25) is 9.58 Å². The lowest BCUT2D eigenvalue weighted by Gasteiger charge is -2.22. The average Bonchev–Trinajstić information content (AvgIpc) is 3.33. The van der Waals surface area contributed by atoms with Crippen molar-refractivity contribution in [3.63, 3.8) is 0 Å². The summed E-state index contributed by atoms with van der Waals surface area (Å²) in [5, 5.41) is 12.9. The highest BCUT2D eigenvalue weighted by molar-refractivity contribution is 5.17. The van der Waals surface area contributed by atoms with E-state index in [2.05, 4.69) is 45.4 Å². The van der Waals surface area contributed by atoms with Gasteiger partial charge in [0.25, 0.3) is 0 Å². The van der Waals surface area contributed by atoms with Crippen molar-refractivity contribution in [3.8, 4) is 0 Å². The van der Waals surface area contributed by atoms with Crippen LogP contribution < -0.4 is 0 Å². The second kappa shape index (κ2) is 7.19. The summed E-state index contributed by atoms with van der Waals surface area (Å²) in [6.07, 6.45) is 7.08. The van der Waals surface area contributed by atoms with Gasteiger partial charge < -0.3 is 4.42 Å². The molecule has 1 saturated heterocycles. The monoisotopic (exact) mass is 337 g/mol. The third kappa shape index (κ3) is 3.96. The third-order valence-corrected chi connectivity index (χ3v) is 4.70. The Kier molecular flexibility index (Phi) is 4.61. The quantitative estimate of drug-likeness (QED) is 0.692. The normalized spacial score (nSPS) is 18.0. The minimum absolute atomic E-state index is 0.476. The van der Waals surface area contributed by atoms with Crippen LogP contribution in [0.3, 0.4) is 0 Å². The first-order valence-electron chi connectivity index (χ1n) is 8.84. The van der Waals surface area contributed by atoms with Crippen LogP contribution in [-0.2, 0) is 19.5 Å². The first-order valence-corrected chi connectivity index (χ1v) is 8.84. The number of nitrogens with zero attached hydrogens (tertiary/aromatic N) is 5. The molecule has 3 heterocycles. The van der Waals surface area contributed by atoms with Gasteiger partial charge in [0.05, 0.1) is 25.7 Å². The maximum absolute atomic E-state index is 5.87. The van der Waals surface area contributed by atoms with Crippen LogP contribution in [0.1, 0.15) is 35.7 Å². The van der Waals surface area contributed by atoms with E-state index in [-0.39, 0.29) is 0 Å². The van der Waals surface area contributed by atoms with Crippen molar-refractivity contribution < 1.29 is 4.42 Å². The van der Waals surface area contributed by atoms with Crippen LogP contribution in [0.15, 0.2) is 47.1 Å². The van der Waals surface area contributed by atoms with Gasteiger partial charge in [-0.1, -0.05) is 30.3 Å². The zero-order valence-electron chi connectivity index (χ0n) is 14.5. The summed E-state index contributed by atoms with van der Waals surface area (Å²) in [6, 6.07) is 10.7. The Morgan fingerprint density at radius 2 is 2.00 bits per heavy atom. The molecule has 3 aromatic rings. The molecule has 0 saturated carbocycles. The number of aromatic nitrogens is 4. The lowest BCUT2D eigenvalue weighted by atomic mass is 10.2. The van der Waals surface area contributed by atoms with Gasteiger partial charge in [0.15, 0.2) is 0 Å². The molecule has 0 radical (unpaired) electrons. The number of hydrogen-bond acceptors (Lipinski definition) is 5. The number of aryl methyl sites for hydroxylation is 1. The van der Waals surface area contributed by atoms with E-state index in [9.17, 15) is 0 Å². The molecule has 4 rings (SSSR count). The molecule has 1 aliphatic rings. The molecule has 0 aliphatic carbocycles. The van der Waals surface area contributed by atoms with Crippen LogP contribution in [0.4, 0.5) is 0 Å². The van der Waals surface area contributed by atoms with Gasteiger partial charge in [0.1, 0.15) is 0 Å². The van der Waals surface area contributed by atoms with Crippen molar-refractivity contribution >= 4 is 0 Å². The predicted octanol–water partition coefficient (Wildman–Crippen LogP) is 2.83. The van der Waals surface area contributed by atoms with E-state index in [0.29, 0.717) is 30.8 Å². The number of rotatable bonds is 6. The molecule has 1 aromatic carbocycles. The van der Waals surface area contributed by atoms with Crippen LogP contribution in [0.2, 0.25) is 0 Å². The zero-order valence-corrected chi connectivity index (χ0v) is 14.5. The minimum atomic E-state index is 0.476. The fourth-order valence-electron chi connectivity index (χ4n) is 3.46. The van der Waals surface area contributed by atoms with Crippen LogP contribution in [0, 0.1) is 6.92 Å². The van der Waals surface area contributed by atoms with Crippen molar-refractivity contribution in [1.29, 1.82) is 0 Å². The van der Waals surface area contributed by atoms with E-state index in [1.54, 1.807) is 0 Å². The van der Waals surface area contributed by atoms with Crippen LogP contribution in [0.5, 0.6) is 0 Å². The van der Waals surface area contributed by atoms with Gasteiger partial charge in [-0.05, 0) is 37.4 Å². The Balaban J connectivity index is 1.38. The van der Waals surface area contributed by atoms with Crippen molar-refractivity contribution in [2.45, 2.75) is 45.3 Å². The molecule has 0 spiro atoms. The van der Waals surface area contributed by atoms with Crippen molar-refractivity contribution in [2.24, 2.45) is 0 Å². The van der Waals surface area contributed by atoms with Crippen molar-refractivity contribution in [1.82, 2.24) is 24.9 Å². The Hall–Kier alpha value is -2.47. The average molecular weight is 337 g/mol. The standard InChI is InChI=1S/C19H23N5O/c1-15-11-20-24(12-15)13-17-8-5-9-23(17)14-19-22-21-18(25-19)10-16-6-3-2-4-7-16/h2-4,6-7,11-12,17H,5,8-10,13-14H2,1H3/t17-/m1/s1. The Morgan fingerprint density at radius 3 is 2.80 bits per heavy atom. The zero-order chi connectivity index (χ0) is 17.1. The van der Waals surface area contributed by atoms with E-state index in [4.69, 9.17) is 4.42 Å². The third-order valence-electron chi connectivity index (χ3n) is 4.70. The van der Waals surface area contributed by atoms with Crippen LogP contribution in [0.25, 0.3) is 0 Å². The summed E-state index contributed by atoms with van der Waals surface area (Å²) in [7, 11) is 0. The maximum Gasteiger partial charge on any atom is 0.230 e. The molecule has 1 aliphatic heterocycles. The van der Waals surface area contributed by atoms with Gasteiger partial charge in [-0.15, -0.1) is 10.2 Å². The highest BCUT2D eigenvalue weighted by Crippen LogP contribution is 2.21. The van der Waals surface area contributed by atoms with Gasteiger partial charge in [-0.25, -0.2) is 0 Å². The fourth-order valence-corrected chi connectivity index (χ4v) is 3.46. The first kappa shape index (κ1) is 16.0. The highest BCUT2D eigenvalue weighted by atomic mass is 16.4. The summed E-state index contributed by atoms with van der Waals surface area (Å²) >= 11 is 0. The summed E-state index contributed by atoms with van der Waals surface area (Å²) in [5.74, 6) is 1.38. The smallest absolute Gasteiger partial charge is 0.230 e. The molecule has 0 amide bonds. The first-order chi connectivity index (χ1) is 12.3.